The van der Waals surface area contributed by atoms with Gasteiger partial charge in [-0.25, -0.2) is 0 Å². The maximum atomic E-state index is 12.7. The third kappa shape index (κ3) is 3.13. The first-order valence-corrected chi connectivity index (χ1v) is 8.12. The second kappa shape index (κ2) is 6.25. The molecule has 0 aromatic rings. The van der Waals surface area contributed by atoms with E-state index in [-0.39, 0.29) is 12.2 Å². The molecule has 0 spiro atoms. The molecule has 0 aromatic heterocycles. The fourth-order valence-electron chi connectivity index (χ4n) is 3.60. The molecule has 1 saturated carbocycles. The van der Waals surface area contributed by atoms with Crippen LogP contribution in [0.1, 0.15) is 66.2 Å². The molecule has 2 rings (SSSR count). The average molecular weight is 266 g/mol. The van der Waals surface area contributed by atoms with Crippen molar-refractivity contribution in [3.63, 3.8) is 0 Å². The number of rotatable bonds is 4. The smallest absolute Gasteiger partial charge is 0.241 e. The van der Waals surface area contributed by atoms with Gasteiger partial charge in [-0.2, -0.15) is 0 Å². The van der Waals surface area contributed by atoms with Gasteiger partial charge in [-0.3, -0.25) is 10.1 Å². The zero-order chi connectivity index (χ0) is 14.0. The molecule has 0 bridgehead atoms. The second-order valence-corrected chi connectivity index (χ2v) is 6.85. The fourth-order valence-corrected chi connectivity index (χ4v) is 3.60. The van der Waals surface area contributed by atoms with Crippen LogP contribution in [0.15, 0.2) is 0 Å². The van der Waals surface area contributed by atoms with E-state index in [0.717, 1.165) is 18.8 Å². The summed E-state index contributed by atoms with van der Waals surface area (Å²) in [5.74, 6) is 1.58. The molecular weight excluding hydrogens is 236 g/mol. The Morgan fingerprint density at radius 3 is 2.42 bits per heavy atom. The molecule has 1 amide bonds. The highest BCUT2D eigenvalue weighted by molar-refractivity contribution is 5.85. The summed E-state index contributed by atoms with van der Waals surface area (Å²) < 4.78 is 0. The van der Waals surface area contributed by atoms with Gasteiger partial charge in [-0.05, 0) is 43.9 Å². The van der Waals surface area contributed by atoms with Crippen LogP contribution in [-0.2, 0) is 4.79 Å². The minimum Gasteiger partial charge on any atom is -0.323 e. The second-order valence-electron chi connectivity index (χ2n) is 6.85. The highest BCUT2D eigenvalue weighted by atomic mass is 16.2. The van der Waals surface area contributed by atoms with E-state index in [1.807, 2.05) is 0 Å². The van der Waals surface area contributed by atoms with Crippen molar-refractivity contribution in [3.8, 4) is 0 Å². The Balaban J connectivity index is 2.08. The van der Waals surface area contributed by atoms with Gasteiger partial charge in [0.15, 0.2) is 0 Å². The van der Waals surface area contributed by atoms with E-state index < -0.39 is 0 Å². The molecule has 2 aliphatic rings. The van der Waals surface area contributed by atoms with E-state index in [0.29, 0.717) is 17.9 Å². The number of amides is 1. The van der Waals surface area contributed by atoms with Gasteiger partial charge >= 0.3 is 0 Å². The van der Waals surface area contributed by atoms with Gasteiger partial charge in [0.1, 0.15) is 0 Å². The molecule has 1 aliphatic heterocycles. The molecule has 3 nitrogen and oxygen atoms in total. The lowest BCUT2D eigenvalue weighted by Crippen LogP contribution is -2.46. The quantitative estimate of drug-likeness (QED) is 0.848. The van der Waals surface area contributed by atoms with Gasteiger partial charge in [-0.15, -0.1) is 0 Å². The largest absolute Gasteiger partial charge is 0.323 e. The summed E-state index contributed by atoms with van der Waals surface area (Å²) in [5, 5.41) is 3.58. The summed E-state index contributed by atoms with van der Waals surface area (Å²) in [4.78, 5) is 14.9. The molecule has 19 heavy (non-hydrogen) atoms. The SMILES string of the molecule is CCCC1NC(C(C)C)C(=O)N1C1CCC(C)CC1. The van der Waals surface area contributed by atoms with E-state index in [9.17, 15) is 4.79 Å². The zero-order valence-corrected chi connectivity index (χ0v) is 13.0. The normalized spacial score (nSPS) is 36.3. The van der Waals surface area contributed by atoms with Crippen LogP contribution >= 0.6 is 0 Å². The van der Waals surface area contributed by atoms with E-state index >= 15 is 0 Å². The van der Waals surface area contributed by atoms with Gasteiger partial charge in [0.05, 0.1) is 12.2 Å². The highest BCUT2D eigenvalue weighted by Gasteiger charge is 2.43. The van der Waals surface area contributed by atoms with E-state index in [4.69, 9.17) is 0 Å². The minimum absolute atomic E-state index is 0.0379. The number of nitrogens with one attached hydrogen (secondary N) is 1. The Morgan fingerprint density at radius 1 is 1.26 bits per heavy atom. The van der Waals surface area contributed by atoms with Crippen LogP contribution in [0, 0.1) is 11.8 Å². The Morgan fingerprint density at radius 2 is 1.89 bits per heavy atom. The Hall–Kier alpha value is -0.570. The van der Waals surface area contributed by atoms with Crippen molar-refractivity contribution in [3.05, 3.63) is 0 Å². The number of carbonyl (C=O) groups is 1. The summed E-state index contributed by atoms with van der Waals surface area (Å²) in [7, 11) is 0. The van der Waals surface area contributed by atoms with Crippen molar-refractivity contribution in [1.29, 1.82) is 0 Å². The molecule has 2 unspecified atom stereocenters. The van der Waals surface area contributed by atoms with Gasteiger partial charge in [0.25, 0.3) is 0 Å². The van der Waals surface area contributed by atoms with Gasteiger partial charge in [0.2, 0.25) is 5.91 Å². The summed E-state index contributed by atoms with van der Waals surface area (Å²) in [5.41, 5.74) is 0. The molecule has 1 N–H and O–H groups in total. The van der Waals surface area contributed by atoms with Crippen molar-refractivity contribution in [2.75, 3.05) is 0 Å². The van der Waals surface area contributed by atoms with E-state index in [1.165, 1.54) is 25.7 Å². The van der Waals surface area contributed by atoms with Crippen LogP contribution in [0.2, 0.25) is 0 Å². The Kier molecular flexibility index (Phi) is 4.88. The van der Waals surface area contributed by atoms with Crippen molar-refractivity contribution < 1.29 is 4.79 Å². The van der Waals surface area contributed by atoms with Crippen LogP contribution in [0.3, 0.4) is 0 Å². The first-order chi connectivity index (χ1) is 9.04. The summed E-state index contributed by atoms with van der Waals surface area (Å²) in [6, 6.07) is 0.521. The van der Waals surface area contributed by atoms with Gasteiger partial charge in [-0.1, -0.05) is 34.1 Å². The van der Waals surface area contributed by atoms with Gasteiger partial charge in [0, 0.05) is 6.04 Å². The first kappa shape index (κ1) is 14.8. The van der Waals surface area contributed by atoms with Crippen molar-refractivity contribution in [2.45, 2.75) is 84.5 Å². The zero-order valence-electron chi connectivity index (χ0n) is 13.0. The fraction of sp³-hybridized carbons (Fsp3) is 0.938. The van der Waals surface area contributed by atoms with E-state index in [1.54, 1.807) is 0 Å². The van der Waals surface area contributed by atoms with E-state index in [2.05, 4.69) is 37.9 Å². The van der Waals surface area contributed by atoms with Crippen LogP contribution in [0.25, 0.3) is 0 Å². The predicted octanol–water partition coefficient (Wildman–Crippen LogP) is 3.15. The molecule has 3 heteroatoms. The Bertz CT molecular complexity index is 308. The standard InChI is InChI=1S/C16H30N2O/c1-5-6-14-17-15(11(2)3)16(19)18(14)13-9-7-12(4)8-10-13/h11-15,17H,5-10H2,1-4H3. The molecular formula is C16H30N2O. The molecule has 0 aromatic carbocycles. The average Bonchev–Trinajstić information content (AvgIpc) is 2.68. The van der Waals surface area contributed by atoms with Crippen molar-refractivity contribution in [1.82, 2.24) is 10.2 Å². The molecule has 2 atom stereocenters. The minimum atomic E-state index is 0.0379. The lowest BCUT2D eigenvalue weighted by atomic mass is 9.86. The maximum Gasteiger partial charge on any atom is 0.241 e. The molecule has 110 valence electrons. The highest BCUT2D eigenvalue weighted by Crippen LogP contribution is 2.32. The van der Waals surface area contributed by atoms with Crippen LogP contribution in [-0.4, -0.2) is 29.1 Å². The third-order valence-corrected chi connectivity index (χ3v) is 4.84. The Labute approximate surface area is 118 Å². The molecule has 0 radical (unpaired) electrons. The van der Waals surface area contributed by atoms with Crippen molar-refractivity contribution in [2.24, 2.45) is 11.8 Å². The summed E-state index contributed by atoms with van der Waals surface area (Å²) >= 11 is 0. The number of nitrogens with zero attached hydrogens (tertiary/aromatic N) is 1. The maximum absolute atomic E-state index is 12.7. The number of hydrogen-bond donors (Lipinski definition) is 1. The van der Waals surface area contributed by atoms with Gasteiger partial charge < -0.3 is 4.90 Å². The lowest BCUT2D eigenvalue weighted by molar-refractivity contribution is -0.133. The molecule has 1 aliphatic carbocycles. The van der Waals surface area contributed by atoms with Crippen LogP contribution in [0.5, 0.6) is 0 Å². The van der Waals surface area contributed by atoms with Crippen LogP contribution < -0.4 is 5.32 Å². The molecule has 1 heterocycles. The molecule has 1 saturated heterocycles. The van der Waals surface area contributed by atoms with Crippen LogP contribution in [0.4, 0.5) is 0 Å². The third-order valence-electron chi connectivity index (χ3n) is 4.84. The summed E-state index contributed by atoms with van der Waals surface area (Å²) in [6.07, 6.45) is 7.44. The topological polar surface area (TPSA) is 32.3 Å². The lowest BCUT2D eigenvalue weighted by Gasteiger charge is -2.37. The first-order valence-electron chi connectivity index (χ1n) is 8.12. The monoisotopic (exact) mass is 266 g/mol. The van der Waals surface area contributed by atoms with Crippen molar-refractivity contribution >= 4 is 5.91 Å². The predicted molar refractivity (Wildman–Crippen MR) is 78.7 cm³/mol. The molecule has 2 fully saturated rings. The summed E-state index contributed by atoms with van der Waals surface area (Å²) in [6.45, 7) is 8.83. The number of carbonyl (C=O) groups excluding carboxylic acids is 1. The number of hydrogen-bond acceptors (Lipinski definition) is 2.